The van der Waals surface area contributed by atoms with E-state index in [-0.39, 0.29) is 11.4 Å². The number of carbonyl (C=O) groups is 1. The molecule has 0 unspecified atom stereocenters. The van der Waals surface area contributed by atoms with Crippen molar-refractivity contribution >= 4 is 17.5 Å². The third-order valence-corrected chi connectivity index (χ3v) is 3.07. The number of carbonyl (C=O) groups excluding carboxylic acids is 1. The smallest absolute Gasteiger partial charge is 0.234 e. The third-order valence-electron chi connectivity index (χ3n) is 2.82. The average Bonchev–Trinajstić information content (AvgIpc) is 2.37. The first-order chi connectivity index (χ1) is 9.80. The minimum atomic E-state index is -0.198. The normalized spacial score (nSPS) is 11.5. The molecule has 4 nitrogen and oxygen atoms in total. The minimum absolute atomic E-state index is 0.0378. The van der Waals surface area contributed by atoms with Crippen LogP contribution in [0.3, 0.4) is 0 Å². The van der Waals surface area contributed by atoms with Gasteiger partial charge in [-0.05, 0) is 51.6 Å². The molecule has 0 aromatic heterocycles. The highest BCUT2D eigenvalue weighted by Gasteiger charge is 2.15. The van der Waals surface area contributed by atoms with Crippen molar-refractivity contribution in [3.05, 3.63) is 29.3 Å². The van der Waals surface area contributed by atoms with E-state index in [1.165, 1.54) is 0 Å². The molecule has 21 heavy (non-hydrogen) atoms. The van der Waals surface area contributed by atoms with Gasteiger partial charge in [0.1, 0.15) is 12.4 Å². The van der Waals surface area contributed by atoms with Gasteiger partial charge in [0.25, 0.3) is 0 Å². The molecular formula is C16H25ClN2O2. The molecule has 0 bridgehead atoms. The van der Waals surface area contributed by atoms with Crippen LogP contribution in [0.25, 0.3) is 0 Å². The second-order valence-corrected chi connectivity index (χ2v) is 6.41. The summed E-state index contributed by atoms with van der Waals surface area (Å²) in [5.74, 6) is 0.824. The Kier molecular flexibility index (Phi) is 6.99. The highest BCUT2D eigenvalue weighted by Crippen LogP contribution is 2.15. The molecule has 1 aromatic carbocycles. The van der Waals surface area contributed by atoms with Crippen molar-refractivity contribution in [3.63, 3.8) is 0 Å². The molecule has 0 fully saturated rings. The monoisotopic (exact) mass is 312 g/mol. The van der Waals surface area contributed by atoms with Gasteiger partial charge in [-0.2, -0.15) is 0 Å². The summed E-state index contributed by atoms with van der Waals surface area (Å²) in [4.78, 5) is 13.9. The van der Waals surface area contributed by atoms with E-state index in [0.29, 0.717) is 24.7 Å². The van der Waals surface area contributed by atoms with E-state index in [9.17, 15) is 4.79 Å². The molecule has 0 aliphatic carbocycles. The summed E-state index contributed by atoms with van der Waals surface area (Å²) in [6.45, 7) is 10.4. The highest BCUT2D eigenvalue weighted by molar-refractivity contribution is 6.30. The number of amides is 1. The van der Waals surface area contributed by atoms with Gasteiger partial charge >= 0.3 is 0 Å². The third kappa shape index (κ3) is 7.93. The predicted octanol–water partition coefficient (Wildman–Crippen LogP) is 2.96. The standard InChI is InChI=1S/C16H25ClN2O2/c1-5-19(12-15(20)18-16(2,3)4)10-11-21-14-8-6-13(17)7-9-14/h6-9H,5,10-12H2,1-4H3,(H,18,20). The van der Waals surface area contributed by atoms with Gasteiger partial charge in [-0.15, -0.1) is 0 Å². The van der Waals surface area contributed by atoms with Crippen LogP contribution in [0.2, 0.25) is 5.02 Å². The summed E-state index contributed by atoms with van der Waals surface area (Å²) in [7, 11) is 0. The number of hydrogen-bond acceptors (Lipinski definition) is 3. The van der Waals surface area contributed by atoms with Crippen LogP contribution >= 0.6 is 11.6 Å². The van der Waals surface area contributed by atoms with Crippen molar-refractivity contribution in [3.8, 4) is 5.75 Å². The number of nitrogens with zero attached hydrogens (tertiary/aromatic N) is 1. The average molecular weight is 313 g/mol. The number of halogens is 1. The van der Waals surface area contributed by atoms with Gasteiger partial charge in [-0.3, -0.25) is 9.69 Å². The van der Waals surface area contributed by atoms with E-state index in [0.717, 1.165) is 12.3 Å². The van der Waals surface area contributed by atoms with Crippen LogP contribution in [-0.2, 0) is 4.79 Å². The molecule has 0 saturated heterocycles. The molecule has 1 amide bonds. The lowest BCUT2D eigenvalue weighted by Crippen LogP contribution is -2.46. The van der Waals surface area contributed by atoms with Crippen molar-refractivity contribution in [2.24, 2.45) is 0 Å². The Morgan fingerprint density at radius 2 is 1.90 bits per heavy atom. The lowest BCUT2D eigenvalue weighted by atomic mass is 10.1. The first-order valence-electron chi connectivity index (χ1n) is 7.22. The zero-order valence-corrected chi connectivity index (χ0v) is 14.0. The molecular weight excluding hydrogens is 288 g/mol. The van der Waals surface area contributed by atoms with E-state index in [2.05, 4.69) is 10.2 Å². The molecule has 0 atom stereocenters. The fourth-order valence-corrected chi connectivity index (χ4v) is 1.96. The number of benzene rings is 1. The summed E-state index contributed by atoms with van der Waals surface area (Å²) in [6.07, 6.45) is 0. The summed E-state index contributed by atoms with van der Waals surface area (Å²) in [5.41, 5.74) is -0.198. The van der Waals surface area contributed by atoms with E-state index in [1.807, 2.05) is 39.8 Å². The first kappa shape index (κ1) is 17.8. The van der Waals surface area contributed by atoms with Crippen molar-refractivity contribution in [1.29, 1.82) is 0 Å². The number of likely N-dealkylation sites (N-methyl/N-ethyl adjacent to an activating group) is 1. The lowest BCUT2D eigenvalue weighted by molar-refractivity contribution is -0.123. The van der Waals surface area contributed by atoms with Gasteiger partial charge in [0.2, 0.25) is 5.91 Å². The zero-order chi connectivity index (χ0) is 15.9. The van der Waals surface area contributed by atoms with E-state index >= 15 is 0 Å². The topological polar surface area (TPSA) is 41.6 Å². The highest BCUT2D eigenvalue weighted by atomic mass is 35.5. The number of rotatable bonds is 7. The Hall–Kier alpha value is -1.26. The summed E-state index contributed by atoms with van der Waals surface area (Å²) in [6, 6.07) is 7.27. The van der Waals surface area contributed by atoms with Gasteiger partial charge in [-0.1, -0.05) is 18.5 Å². The predicted molar refractivity (Wildman–Crippen MR) is 87.0 cm³/mol. The van der Waals surface area contributed by atoms with Crippen LogP contribution in [0, 0.1) is 0 Å². The molecule has 1 rings (SSSR count). The molecule has 0 radical (unpaired) electrons. The molecule has 0 heterocycles. The second kappa shape index (κ2) is 8.25. The Labute approximate surface area is 132 Å². The molecule has 118 valence electrons. The number of ether oxygens (including phenoxy) is 1. The van der Waals surface area contributed by atoms with Gasteiger partial charge in [-0.25, -0.2) is 0 Å². The van der Waals surface area contributed by atoms with Crippen LogP contribution in [0.4, 0.5) is 0 Å². The van der Waals surface area contributed by atoms with Gasteiger partial charge in [0.15, 0.2) is 0 Å². The van der Waals surface area contributed by atoms with E-state index < -0.39 is 0 Å². The van der Waals surface area contributed by atoms with E-state index in [1.54, 1.807) is 12.1 Å². The summed E-state index contributed by atoms with van der Waals surface area (Å²) >= 11 is 5.82. The number of hydrogen-bond donors (Lipinski definition) is 1. The maximum atomic E-state index is 11.9. The van der Waals surface area contributed by atoms with Gasteiger partial charge in [0, 0.05) is 17.1 Å². The molecule has 5 heteroatoms. The Bertz CT molecular complexity index is 441. The lowest BCUT2D eigenvalue weighted by Gasteiger charge is -2.24. The maximum absolute atomic E-state index is 11.9. The molecule has 0 aliphatic rings. The van der Waals surface area contributed by atoms with Crippen LogP contribution < -0.4 is 10.1 Å². The Balaban J connectivity index is 2.34. The van der Waals surface area contributed by atoms with E-state index in [4.69, 9.17) is 16.3 Å². The molecule has 0 spiro atoms. The van der Waals surface area contributed by atoms with Gasteiger partial charge in [0.05, 0.1) is 6.54 Å². The molecule has 0 aliphatic heterocycles. The fourth-order valence-electron chi connectivity index (χ4n) is 1.83. The van der Waals surface area contributed by atoms with Crippen LogP contribution in [0.5, 0.6) is 5.75 Å². The second-order valence-electron chi connectivity index (χ2n) is 5.97. The largest absolute Gasteiger partial charge is 0.492 e. The first-order valence-corrected chi connectivity index (χ1v) is 7.59. The molecule has 1 N–H and O–H groups in total. The van der Waals surface area contributed by atoms with Crippen molar-refractivity contribution in [1.82, 2.24) is 10.2 Å². The Morgan fingerprint density at radius 3 is 2.43 bits per heavy atom. The van der Waals surface area contributed by atoms with Crippen LogP contribution in [0.15, 0.2) is 24.3 Å². The summed E-state index contributed by atoms with van der Waals surface area (Å²) in [5, 5.41) is 3.65. The zero-order valence-electron chi connectivity index (χ0n) is 13.3. The van der Waals surface area contributed by atoms with Crippen LogP contribution in [-0.4, -0.2) is 42.6 Å². The number of nitrogens with one attached hydrogen (secondary N) is 1. The minimum Gasteiger partial charge on any atom is -0.492 e. The van der Waals surface area contributed by atoms with Crippen molar-refractivity contribution < 1.29 is 9.53 Å². The quantitative estimate of drug-likeness (QED) is 0.841. The summed E-state index contributed by atoms with van der Waals surface area (Å²) < 4.78 is 5.64. The molecule has 1 aromatic rings. The maximum Gasteiger partial charge on any atom is 0.234 e. The van der Waals surface area contributed by atoms with Crippen molar-refractivity contribution in [2.45, 2.75) is 33.2 Å². The van der Waals surface area contributed by atoms with Crippen LogP contribution in [0.1, 0.15) is 27.7 Å². The van der Waals surface area contributed by atoms with Crippen molar-refractivity contribution in [2.75, 3.05) is 26.2 Å². The Morgan fingerprint density at radius 1 is 1.29 bits per heavy atom. The fraction of sp³-hybridized carbons (Fsp3) is 0.562. The van der Waals surface area contributed by atoms with Gasteiger partial charge < -0.3 is 10.1 Å². The SMILES string of the molecule is CCN(CCOc1ccc(Cl)cc1)CC(=O)NC(C)(C)C. The molecule has 0 saturated carbocycles.